The molecule has 19 heavy (non-hydrogen) atoms. The number of aromatic nitrogens is 4. The molecular weight excluding hydrogens is 266 g/mol. The summed E-state index contributed by atoms with van der Waals surface area (Å²) in [7, 11) is 1.60. The topological polar surface area (TPSA) is 81.8 Å². The number of hydrogen-bond acceptors (Lipinski definition) is 6. The quantitative estimate of drug-likeness (QED) is 0.850. The van der Waals surface area contributed by atoms with Crippen molar-refractivity contribution in [3.63, 3.8) is 0 Å². The lowest BCUT2D eigenvalue weighted by Crippen LogP contribution is -2.38. The van der Waals surface area contributed by atoms with Gasteiger partial charge in [0, 0.05) is 25.9 Å². The molecular formula is C11H15N5O2S. The second-order valence-corrected chi connectivity index (χ2v) is 5.12. The Bertz CT molecular complexity index is 672. The van der Waals surface area contributed by atoms with Gasteiger partial charge < -0.3 is 9.88 Å². The molecule has 7 nitrogen and oxygen atoms in total. The molecule has 0 aliphatic carbocycles. The summed E-state index contributed by atoms with van der Waals surface area (Å²) < 4.78 is 2.50. The van der Waals surface area contributed by atoms with Gasteiger partial charge in [0.05, 0.1) is 6.54 Å². The zero-order valence-corrected chi connectivity index (χ0v) is 11.6. The van der Waals surface area contributed by atoms with Gasteiger partial charge in [-0.2, -0.15) is 0 Å². The molecule has 8 heteroatoms. The zero-order chi connectivity index (χ0) is 13.8. The van der Waals surface area contributed by atoms with E-state index in [-0.39, 0.29) is 17.8 Å². The molecule has 0 amide bonds. The lowest BCUT2D eigenvalue weighted by atomic mass is 10.5. The molecule has 0 aliphatic heterocycles. The molecule has 0 aliphatic rings. The zero-order valence-electron chi connectivity index (χ0n) is 10.8. The fourth-order valence-electron chi connectivity index (χ4n) is 1.52. The van der Waals surface area contributed by atoms with Crippen LogP contribution in [0.4, 0.5) is 5.13 Å². The Morgan fingerprint density at radius 1 is 1.37 bits per heavy atom. The molecule has 2 heterocycles. The van der Waals surface area contributed by atoms with Crippen molar-refractivity contribution in [3.8, 4) is 0 Å². The Morgan fingerprint density at radius 3 is 2.89 bits per heavy atom. The Hall–Kier alpha value is -1.96. The Labute approximate surface area is 113 Å². The van der Waals surface area contributed by atoms with Gasteiger partial charge in [0.15, 0.2) is 0 Å². The third-order valence-electron chi connectivity index (χ3n) is 2.53. The van der Waals surface area contributed by atoms with Crippen molar-refractivity contribution >= 4 is 16.5 Å². The second kappa shape index (κ2) is 5.79. The van der Waals surface area contributed by atoms with Crippen LogP contribution >= 0.6 is 11.3 Å². The molecule has 1 N–H and O–H groups in total. The summed E-state index contributed by atoms with van der Waals surface area (Å²) in [5.41, 5.74) is -0.688. The summed E-state index contributed by atoms with van der Waals surface area (Å²) >= 11 is 1.35. The molecule has 2 rings (SSSR count). The van der Waals surface area contributed by atoms with Crippen molar-refractivity contribution in [3.05, 3.63) is 38.1 Å². The van der Waals surface area contributed by atoms with E-state index in [4.69, 9.17) is 0 Å². The van der Waals surface area contributed by atoms with Gasteiger partial charge in [-0.3, -0.25) is 9.36 Å². The van der Waals surface area contributed by atoms with Gasteiger partial charge in [-0.1, -0.05) is 18.3 Å². The van der Waals surface area contributed by atoms with Crippen LogP contribution in [0.2, 0.25) is 0 Å². The van der Waals surface area contributed by atoms with Crippen LogP contribution in [0.3, 0.4) is 0 Å². The fourth-order valence-corrected chi connectivity index (χ4v) is 2.27. The van der Waals surface area contributed by atoms with E-state index in [1.165, 1.54) is 28.2 Å². The van der Waals surface area contributed by atoms with E-state index >= 15 is 0 Å². The second-order valence-electron chi connectivity index (χ2n) is 4.06. The normalized spacial score (nSPS) is 10.6. The van der Waals surface area contributed by atoms with Crippen molar-refractivity contribution in [1.82, 2.24) is 19.3 Å². The van der Waals surface area contributed by atoms with E-state index in [1.54, 1.807) is 7.05 Å². The maximum Gasteiger partial charge on any atom is 0.331 e. The van der Waals surface area contributed by atoms with Gasteiger partial charge in [-0.05, 0) is 6.42 Å². The largest absolute Gasteiger partial charge is 0.360 e. The van der Waals surface area contributed by atoms with Crippen molar-refractivity contribution in [2.45, 2.75) is 19.9 Å². The van der Waals surface area contributed by atoms with Gasteiger partial charge in [0.1, 0.15) is 5.01 Å². The maximum absolute atomic E-state index is 11.8. The predicted octanol–water partition coefficient (Wildman–Crippen LogP) is 0.269. The fraction of sp³-hybridized carbons (Fsp3) is 0.455. The molecule has 0 bridgehead atoms. The van der Waals surface area contributed by atoms with E-state index in [0.717, 1.165) is 17.5 Å². The van der Waals surface area contributed by atoms with Crippen molar-refractivity contribution in [2.75, 3.05) is 11.9 Å². The molecule has 2 aromatic heterocycles. The van der Waals surface area contributed by atoms with E-state index in [0.29, 0.717) is 10.1 Å². The first-order valence-corrected chi connectivity index (χ1v) is 6.76. The molecule has 0 fully saturated rings. The maximum atomic E-state index is 11.8. The van der Waals surface area contributed by atoms with Crippen molar-refractivity contribution in [1.29, 1.82) is 0 Å². The third-order valence-corrected chi connectivity index (χ3v) is 3.39. The van der Waals surface area contributed by atoms with Gasteiger partial charge >= 0.3 is 5.69 Å². The number of nitrogens with zero attached hydrogens (tertiary/aromatic N) is 4. The minimum Gasteiger partial charge on any atom is -0.360 e. The van der Waals surface area contributed by atoms with Crippen LogP contribution in [-0.2, 0) is 13.6 Å². The van der Waals surface area contributed by atoms with E-state index in [9.17, 15) is 9.59 Å². The van der Waals surface area contributed by atoms with Crippen LogP contribution in [0.1, 0.15) is 18.4 Å². The Kier molecular flexibility index (Phi) is 4.10. The number of hydrogen-bond donors (Lipinski definition) is 1. The van der Waals surface area contributed by atoms with E-state index < -0.39 is 0 Å². The SMILES string of the molecule is CCCNc1nnc(Cn2c(=O)ccn(C)c2=O)s1. The lowest BCUT2D eigenvalue weighted by molar-refractivity contribution is 0.634. The smallest absolute Gasteiger partial charge is 0.331 e. The Balaban J connectivity index is 2.22. The highest BCUT2D eigenvalue weighted by Crippen LogP contribution is 2.15. The molecule has 0 saturated heterocycles. The van der Waals surface area contributed by atoms with E-state index in [2.05, 4.69) is 22.4 Å². The van der Waals surface area contributed by atoms with Gasteiger partial charge in [-0.25, -0.2) is 4.79 Å². The first kappa shape index (κ1) is 13.5. The first-order valence-electron chi connectivity index (χ1n) is 5.94. The van der Waals surface area contributed by atoms with Crippen LogP contribution in [0.25, 0.3) is 0 Å². The average molecular weight is 281 g/mol. The Morgan fingerprint density at radius 2 is 2.16 bits per heavy atom. The average Bonchev–Trinajstić information content (AvgIpc) is 2.84. The summed E-state index contributed by atoms with van der Waals surface area (Å²) in [6.45, 7) is 3.03. The monoisotopic (exact) mass is 281 g/mol. The number of nitrogens with one attached hydrogen (secondary N) is 1. The van der Waals surface area contributed by atoms with Crippen LogP contribution in [0.5, 0.6) is 0 Å². The number of anilines is 1. The van der Waals surface area contributed by atoms with Crippen molar-refractivity contribution in [2.24, 2.45) is 7.05 Å². The molecule has 0 aromatic carbocycles. The highest BCUT2D eigenvalue weighted by atomic mass is 32.1. The van der Waals surface area contributed by atoms with Gasteiger partial charge in [-0.15, -0.1) is 10.2 Å². The molecule has 2 aromatic rings. The summed E-state index contributed by atoms with van der Waals surface area (Å²) in [4.78, 5) is 23.5. The summed E-state index contributed by atoms with van der Waals surface area (Å²) in [6.07, 6.45) is 2.45. The van der Waals surface area contributed by atoms with Gasteiger partial charge in [0.2, 0.25) is 5.13 Å². The van der Waals surface area contributed by atoms with E-state index in [1.807, 2.05) is 0 Å². The predicted molar refractivity (Wildman–Crippen MR) is 73.7 cm³/mol. The number of aryl methyl sites for hydroxylation is 1. The first-order chi connectivity index (χ1) is 9.11. The van der Waals surface area contributed by atoms with Crippen molar-refractivity contribution < 1.29 is 0 Å². The van der Waals surface area contributed by atoms with Gasteiger partial charge in [0.25, 0.3) is 5.56 Å². The number of rotatable bonds is 5. The minimum absolute atomic E-state index is 0.151. The summed E-state index contributed by atoms with van der Waals surface area (Å²) in [6, 6.07) is 1.36. The van der Waals surface area contributed by atoms with Crippen LogP contribution in [0.15, 0.2) is 21.9 Å². The molecule has 0 atom stereocenters. The third kappa shape index (κ3) is 3.08. The standard InChI is InChI=1S/C11H15N5O2S/c1-3-5-12-10-14-13-8(19-10)7-16-9(17)4-6-15(2)11(16)18/h4,6H,3,5,7H2,1-2H3,(H,12,14). The lowest BCUT2D eigenvalue weighted by Gasteiger charge is -2.03. The molecule has 0 saturated carbocycles. The van der Waals surface area contributed by atoms with Crippen LogP contribution in [0, 0.1) is 0 Å². The molecule has 102 valence electrons. The molecule has 0 unspecified atom stereocenters. The van der Waals surface area contributed by atoms with Crippen LogP contribution < -0.4 is 16.6 Å². The molecule has 0 radical (unpaired) electrons. The minimum atomic E-state index is -0.356. The van der Waals surface area contributed by atoms with Crippen LogP contribution in [-0.4, -0.2) is 25.9 Å². The summed E-state index contributed by atoms with van der Waals surface area (Å²) in [5, 5.41) is 12.4. The highest BCUT2D eigenvalue weighted by molar-refractivity contribution is 7.15. The molecule has 0 spiro atoms. The summed E-state index contributed by atoms with van der Waals surface area (Å²) in [5.74, 6) is 0. The highest BCUT2D eigenvalue weighted by Gasteiger charge is 2.08.